The van der Waals surface area contributed by atoms with Crippen LogP contribution in [0, 0.1) is 0 Å². The summed E-state index contributed by atoms with van der Waals surface area (Å²) in [4.78, 5) is 15.0. The van der Waals surface area contributed by atoms with E-state index in [0.29, 0.717) is 0 Å². The van der Waals surface area contributed by atoms with Crippen LogP contribution in [-0.2, 0) is 14.2 Å². The van der Waals surface area contributed by atoms with Crippen molar-refractivity contribution in [2.75, 3.05) is 6.61 Å². The normalized spacial score (nSPS) is 32.0. The molecule has 2 aliphatic rings. The van der Waals surface area contributed by atoms with Crippen LogP contribution in [0.15, 0.2) is 36.7 Å². The first-order valence-corrected chi connectivity index (χ1v) is 7.50. The number of aliphatic hydroxyl groups is 1. The number of ether oxygens (including phenoxy) is 3. The standard InChI is InChI=1S/C15H16N4O5/c16-12(21)13-17-7-19(18-13)14-11-10(9(6-20)22-14)23-15(24-11)8-4-2-1-3-5-8/h1-5,7,9-11,14-15,20H,6H2,(H2,16,21)/t9-,10?,11-,14-,15?/m1/s1. The van der Waals surface area contributed by atoms with Crippen LogP contribution < -0.4 is 5.73 Å². The minimum atomic E-state index is -0.729. The van der Waals surface area contributed by atoms with Crippen molar-refractivity contribution >= 4 is 5.91 Å². The first-order valence-electron chi connectivity index (χ1n) is 7.50. The fraction of sp³-hybridized carbons (Fsp3) is 0.400. The molecule has 2 saturated heterocycles. The van der Waals surface area contributed by atoms with Gasteiger partial charge in [-0.1, -0.05) is 30.3 Å². The summed E-state index contributed by atoms with van der Waals surface area (Å²) in [5, 5.41) is 13.6. The van der Waals surface area contributed by atoms with Gasteiger partial charge in [-0.2, -0.15) is 0 Å². The molecule has 1 aromatic carbocycles. The smallest absolute Gasteiger partial charge is 0.288 e. The lowest BCUT2D eigenvalue weighted by molar-refractivity contribution is -0.156. The fourth-order valence-electron chi connectivity index (χ4n) is 2.97. The number of fused-ring (bicyclic) bond motifs is 1. The van der Waals surface area contributed by atoms with E-state index in [1.54, 1.807) is 0 Å². The molecule has 5 atom stereocenters. The van der Waals surface area contributed by atoms with Crippen LogP contribution in [0.5, 0.6) is 0 Å². The third-order valence-electron chi connectivity index (χ3n) is 4.09. The van der Waals surface area contributed by atoms with Gasteiger partial charge in [0.25, 0.3) is 5.91 Å². The molecule has 2 fully saturated rings. The predicted octanol–water partition coefficient (Wildman–Crippen LogP) is -0.251. The Balaban J connectivity index is 1.59. The molecule has 9 heteroatoms. The molecular formula is C15H16N4O5. The molecule has 1 amide bonds. The maximum absolute atomic E-state index is 11.2. The van der Waals surface area contributed by atoms with E-state index in [0.717, 1.165) is 5.56 Å². The zero-order valence-electron chi connectivity index (χ0n) is 12.6. The Morgan fingerprint density at radius 2 is 1.96 bits per heavy atom. The second kappa shape index (κ2) is 5.95. The summed E-state index contributed by atoms with van der Waals surface area (Å²) in [6.07, 6.45) is -1.38. The maximum Gasteiger partial charge on any atom is 0.288 e. The number of hydrogen-bond acceptors (Lipinski definition) is 7. The number of primary amides is 1. The number of carbonyl (C=O) groups excluding carboxylic acids is 1. The topological polar surface area (TPSA) is 122 Å². The van der Waals surface area contributed by atoms with Gasteiger partial charge < -0.3 is 25.1 Å². The van der Waals surface area contributed by atoms with Crippen LogP contribution >= 0.6 is 0 Å². The van der Waals surface area contributed by atoms with Gasteiger partial charge >= 0.3 is 0 Å². The van der Waals surface area contributed by atoms with Crippen molar-refractivity contribution in [1.82, 2.24) is 14.8 Å². The largest absolute Gasteiger partial charge is 0.394 e. The molecule has 126 valence electrons. The van der Waals surface area contributed by atoms with E-state index < -0.39 is 36.7 Å². The summed E-state index contributed by atoms with van der Waals surface area (Å²) in [6.45, 7) is -0.222. The number of carbonyl (C=O) groups is 1. The molecule has 0 spiro atoms. The molecular weight excluding hydrogens is 316 g/mol. The average Bonchev–Trinajstić information content (AvgIpc) is 3.30. The second-order valence-corrected chi connectivity index (χ2v) is 5.60. The Kier molecular flexibility index (Phi) is 3.77. The molecule has 3 N–H and O–H groups in total. The summed E-state index contributed by atoms with van der Waals surface area (Å²) < 4.78 is 19.0. The number of aromatic nitrogens is 3. The van der Waals surface area contributed by atoms with E-state index in [1.165, 1.54) is 11.0 Å². The van der Waals surface area contributed by atoms with Gasteiger partial charge in [0, 0.05) is 5.56 Å². The third-order valence-corrected chi connectivity index (χ3v) is 4.09. The Hall–Kier alpha value is -2.33. The summed E-state index contributed by atoms with van der Waals surface area (Å²) in [7, 11) is 0. The van der Waals surface area contributed by atoms with Crippen molar-refractivity contribution in [3.05, 3.63) is 48.0 Å². The van der Waals surface area contributed by atoms with Gasteiger partial charge in [-0.25, -0.2) is 9.67 Å². The minimum Gasteiger partial charge on any atom is -0.394 e. The van der Waals surface area contributed by atoms with E-state index in [9.17, 15) is 9.90 Å². The molecule has 4 rings (SSSR count). The summed E-state index contributed by atoms with van der Waals surface area (Å²) >= 11 is 0. The number of nitrogens with two attached hydrogens (primary N) is 1. The van der Waals surface area contributed by atoms with Crippen LogP contribution in [0.4, 0.5) is 0 Å². The third kappa shape index (κ3) is 2.47. The van der Waals surface area contributed by atoms with Crippen molar-refractivity contribution in [3.8, 4) is 0 Å². The Morgan fingerprint density at radius 1 is 1.21 bits per heavy atom. The zero-order chi connectivity index (χ0) is 16.7. The molecule has 9 nitrogen and oxygen atoms in total. The van der Waals surface area contributed by atoms with Crippen molar-refractivity contribution in [3.63, 3.8) is 0 Å². The second-order valence-electron chi connectivity index (χ2n) is 5.60. The molecule has 0 aliphatic carbocycles. The molecule has 2 unspecified atom stereocenters. The van der Waals surface area contributed by atoms with Crippen molar-refractivity contribution < 1.29 is 24.1 Å². The number of rotatable bonds is 4. The van der Waals surface area contributed by atoms with Gasteiger partial charge in [0.15, 0.2) is 12.5 Å². The quantitative estimate of drug-likeness (QED) is 0.791. The number of amides is 1. The monoisotopic (exact) mass is 332 g/mol. The average molecular weight is 332 g/mol. The van der Waals surface area contributed by atoms with E-state index in [1.807, 2.05) is 30.3 Å². The van der Waals surface area contributed by atoms with Gasteiger partial charge in [0.05, 0.1) is 6.61 Å². The molecule has 1 aromatic heterocycles. The Labute approximate surface area is 136 Å². The Bertz CT molecular complexity index is 736. The van der Waals surface area contributed by atoms with E-state index >= 15 is 0 Å². The predicted molar refractivity (Wildman–Crippen MR) is 78.5 cm³/mol. The van der Waals surface area contributed by atoms with Crippen molar-refractivity contribution in [1.29, 1.82) is 0 Å². The molecule has 2 aromatic rings. The number of hydrogen-bond donors (Lipinski definition) is 2. The summed E-state index contributed by atoms with van der Waals surface area (Å²) in [5.41, 5.74) is 6.04. The van der Waals surface area contributed by atoms with Gasteiger partial charge in [-0.3, -0.25) is 4.79 Å². The lowest BCUT2D eigenvalue weighted by Gasteiger charge is -2.19. The zero-order valence-corrected chi connectivity index (χ0v) is 12.6. The lowest BCUT2D eigenvalue weighted by atomic mass is 10.1. The van der Waals surface area contributed by atoms with Crippen LogP contribution in [-0.4, -0.2) is 50.7 Å². The first kappa shape index (κ1) is 15.2. The highest BCUT2D eigenvalue weighted by atomic mass is 16.8. The highest BCUT2D eigenvalue weighted by molar-refractivity contribution is 5.88. The van der Waals surface area contributed by atoms with E-state index in [4.69, 9.17) is 19.9 Å². The van der Waals surface area contributed by atoms with Crippen LogP contribution in [0.2, 0.25) is 0 Å². The fourth-order valence-corrected chi connectivity index (χ4v) is 2.97. The van der Waals surface area contributed by atoms with Crippen molar-refractivity contribution in [2.24, 2.45) is 5.73 Å². The molecule has 0 radical (unpaired) electrons. The van der Waals surface area contributed by atoms with E-state index in [2.05, 4.69) is 10.1 Å². The van der Waals surface area contributed by atoms with Gasteiger partial charge in [-0.05, 0) is 0 Å². The van der Waals surface area contributed by atoms with Crippen LogP contribution in [0.1, 0.15) is 28.7 Å². The minimum absolute atomic E-state index is 0.110. The molecule has 3 heterocycles. The SMILES string of the molecule is NC(=O)c1ncn([C@@H]2O[C@H](CO)C3OC(c4ccccc4)O[C@H]32)n1. The van der Waals surface area contributed by atoms with E-state index in [-0.39, 0.29) is 12.4 Å². The van der Waals surface area contributed by atoms with Gasteiger partial charge in [0.1, 0.15) is 24.6 Å². The molecule has 0 bridgehead atoms. The van der Waals surface area contributed by atoms with Crippen LogP contribution in [0.25, 0.3) is 0 Å². The highest BCUT2D eigenvalue weighted by Gasteiger charge is 2.53. The summed E-state index contributed by atoms with van der Waals surface area (Å²) in [5.74, 6) is -0.839. The number of benzene rings is 1. The molecule has 24 heavy (non-hydrogen) atoms. The Morgan fingerprint density at radius 3 is 2.62 bits per heavy atom. The lowest BCUT2D eigenvalue weighted by Crippen LogP contribution is -2.30. The van der Waals surface area contributed by atoms with Crippen LogP contribution in [0.3, 0.4) is 0 Å². The van der Waals surface area contributed by atoms with Gasteiger partial charge in [-0.15, -0.1) is 5.10 Å². The first-order chi connectivity index (χ1) is 11.7. The molecule has 2 aliphatic heterocycles. The maximum atomic E-state index is 11.2. The van der Waals surface area contributed by atoms with Crippen molar-refractivity contribution in [2.45, 2.75) is 30.8 Å². The highest BCUT2D eigenvalue weighted by Crippen LogP contribution is 2.43. The number of nitrogens with zero attached hydrogens (tertiary/aromatic N) is 3. The van der Waals surface area contributed by atoms with Gasteiger partial charge in [0.2, 0.25) is 5.82 Å². The summed E-state index contributed by atoms with van der Waals surface area (Å²) in [6, 6.07) is 9.49. The molecule has 0 saturated carbocycles. The number of aliphatic hydroxyl groups excluding tert-OH is 1.